The summed E-state index contributed by atoms with van der Waals surface area (Å²) < 4.78 is 23.1. The minimum atomic E-state index is -0.253. The van der Waals surface area contributed by atoms with Crippen LogP contribution < -0.4 is 5.69 Å². The van der Waals surface area contributed by atoms with Crippen molar-refractivity contribution in [3.63, 3.8) is 0 Å². The van der Waals surface area contributed by atoms with Crippen molar-refractivity contribution in [1.82, 2.24) is 19.2 Å². The van der Waals surface area contributed by atoms with Gasteiger partial charge in [0.2, 0.25) is 0 Å². The van der Waals surface area contributed by atoms with Gasteiger partial charge in [0, 0.05) is 42.9 Å². The van der Waals surface area contributed by atoms with Gasteiger partial charge in [-0.2, -0.15) is 5.10 Å². The summed E-state index contributed by atoms with van der Waals surface area (Å²) in [4.78, 5) is 14.9. The van der Waals surface area contributed by atoms with E-state index in [0.717, 1.165) is 81.7 Å². The monoisotopic (exact) mass is 448 g/mol. The number of furan rings is 1. The first-order valence-corrected chi connectivity index (χ1v) is 11.2. The Morgan fingerprint density at radius 3 is 2.71 bits per heavy atom. The van der Waals surface area contributed by atoms with E-state index in [1.807, 2.05) is 10.6 Å². The van der Waals surface area contributed by atoms with Gasteiger partial charge in [-0.05, 0) is 56.8 Å². The largest absolute Gasteiger partial charge is 0.461 e. The standard InChI is InChI=1S/C23H29FN4O2.ClH/c1-2-19-22(18-7-6-17(24)15-20(18)30-19)16-8-11-26(12-9-16)13-14-28-23(29)27-10-4-3-5-21(27)25-28;/h6-7,15-16H,2-5,8-14H2,1H3;1H. The highest BCUT2D eigenvalue weighted by Crippen LogP contribution is 2.38. The van der Waals surface area contributed by atoms with E-state index in [1.165, 1.54) is 17.7 Å². The van der Waals surface area contributed by atoms with E-state index in [9.17, 15) is 9.18 Å². The highest BCUT2D eigenvalue weighted by atomic mass is 35.5. The van der Waals surface area contributed by atoms with Gasteiger partial charge >= 0.3 is 5.69 Å². The maximum atomic E-state index is 13.6. The Labute approximate surface area is 187 Å². The summed E-state index contributed by atoms with van der Waals surface area (Å²) in [5.41, 5.74) is 1.97. The highest BCUT2D eigenvalue weighted by molar-refractivity contribution is 5.85. The van der Waals surface area contributed by atoms with Gasteiger partial charge in [0.05, 0.1) is 6.54 Å². The fourth-order valence-electron chi connectivity index (χ4n) is 5.13. The van der Waals surface area contributed by atoms with Crippen LogP contribution in [0.1, 0.15) is 55.7 Å². The molecule has 2 aliphatic rings. The summed E-state index contributed by atoms with van der Waals surface area (Å²) in [5.74, 6) is 2.12. The molecule has 6 nitrogen and oxygen atoms in total. The van der Waals surface area contributed by atoms with Crippen molar-refractivity contribution >= 4 is 23.4 Å². The van der Waals surface area contributed by atoms with Crippen LogP contribution in [0.2, 0.25) is 0 Å². The van der Waals surface area contributed by atoms with Crippen molar-refractivity contribution in [3.8, 4) is 0 Å². The van der Waals surface area contributed by atoms with Crippen LogP contribution in [0.3, 0.4) is 0 Å². The zero-order chi connectivity index (χ0) is 20.7. The fraction of sp³-hybridized carbons (Fsp3) is 0.565. The average molecular weight is 449 g/mol. The molecule has 3 aromatic rings. The normalized spacial score (nSPS) is 17.6. The van der Waals surface area contributed by atoms with Gasteiger partial charge in [-0.25, -0.2) is 13.9 Å². The van der Waals surface area contributed by atoms with Crippen LogP contribution in [0.25, 0.3) is 11.0 Å². The van der Waals surface area contributed by atoms with Crippen LogP contribution in [-0.2, 0) is 25.9 Å². The molecule has 1 saturated heterocycles. The van der Waals surface area contributed by atoms with Crippen LogP contribution in [0.5, 0.6) is 0 Å². The van der Waals surface area contributed by atoms with E-state index in [1.54, 1.807) is 4.68 Å². The van der Waals surface area contributed by atoms with Crippen LogP contribution in [-0.4, -0.2) is 38.9 Å². The summed E-state index contributed by atoms with van der Waals surface area (Å²) in [6, 6.07) is 4.88. The predicted octanol–water partition coefficient (Wildman–Crippen LogP) is 4.13. The molecular weight excluding hydrogens is 419 g/mol. The lowest BCUT2D eigenvalue weighted by Gasteiger charge is -2.32. The first kappa shape index (κ1) is 22.1. The van der Waals surface area contributed by atoms with Crippen LogP contribution in [0, 0.1) is 5.82 Å². The number of nitrogens with zero attached hydrogens (tertiary/aromatic N) is 4. The molecule has 2 aromatic heterocycles. The molecule has 0 atom stereocenters. The summed E-state index contributed by atoms with van der Waals surface area (Å²) in [5, 5.41) is 5.61. The first-order chi connectivity index (χ1) is 14.6. The quantitative estimate of drug-likeness (QED) is 0.589. The number of halogens is 2. The van der Waals surface area contributed by atoms with Crippen molar-refractivity contribution < 1.29 is 8.81 Å². The molecule has 0 bridgehead atoms. The minimum absolute atomic E-state index is 0. The van der Waals surface area contributed by atoms with Crippen LogP contribution in [0.4, 0.5) is 4.39 Å². The van der Waals surface area contributed by atoms with Gasteiger partial charge in [-0.3, -0.25) is 4.57 Å². The van der Waals surface area contributed by atoms with E-state index >= 15 is 0 Å². The molecular formula is C23H30ClFN4O2. The third-order valence-electron chi connectivity index (χ3n) is 6.74. The molecule has 0 radical (unpaired) electrons. The Bertz CT molecular complexity index is 1110. The maximum absolute atomic E-state index is 13.6. The molecule has 4 heterocycles. The lowest BCUT2D eigenvalue weighted by atomic mass is 9.87. The summed E-state index contributed by atoms with van der Waals surface area (Å²) in [7, 11) is 0. The highest BCUT2D eigenvalue weighted by Gasteiger charge is 2.27. The van der Waals surface area contributed by atoms with Crippen molar-refractivity contribution in [1.29, 1.82) is 0 Å². The molecule has 2 aliphatic heterocycles. The Hall–Kier alpha value is -2.12. The number of aryl methyl sites for hydroxylation is 2. The minimum Gasteiger partial charge on any atom is -0.461 e. The summed E-state index contributed by atoms with van der Waals surface area (Å²) in [6.45, 7) is 6.38. The summed E-state index contributed by atoms with van der Waals surface area (Å²) in [6.07, 6.45) is 6.02. The topological polar surface area (TPSA) is 56.2 Å². The molecule has 0 unspecified atom stereocenters. The third-order valence-corrected chi connectivity index (χ3v) is 6.74. The Morgan fingerprint density at radius 1 is 1.16 bits per heavy atom. The molecule has 0 amide bonds. The fourth-order valence-corrected chi connectivity index (χ4v) is 5.13. The SMILES string of the molecule is CCc1oc2cc(F)ccc2c1C1CCN(CCn2nc3n(c2=O)CCCC3)CC1.Cl. The van der Waals surface area contributed by atoms with E-state index in [0.29, 0.717) is 18.0 Å². The van der Waals surface area contributed by atoms with Crippen LogP contribution >= 0.6 is 12.4 Å². The summed E-state index contributed by atoms with van der Waals surface area (Å²) >= 11 is 0. The third kappa shape index (κ3) is 4.17. The predicted molar refractivity (Wildman–Crippen MR) is 121 cm³/mol. The van der Waals surface area contributed by atoms with Gasteiger partial charge in [-0.15, -0.1) is 12.4 Å². The second kappa shape index (κ2) is 9.17. The average Bonchev–Trinajstić information content (AvgIpc) is 3.29. The number of fused-ring (bicyclic) bond motifs is 2. The van der Waals surface area contributed by atoms with Gasteiger partial charge in [0.1, 0.15) is 23.0 Å². The smallest absolute Gasteiger partial charge is 0.345 e. The molecule has 0 N–H and O–H groups in total. The number of rotatable bonds is 5. The van der Waals surface area contributed by atoms with Crippen molar-refractivity contribution in [2.75, 3.05) is 19.6 Å². The van der Waals surface area contributed by atoms with E-state index in [2.05, 4.69) is 16.9 Å². The zero-order valence-electron chi connectivity index (χ0n) is 18.0. The number of likely N-dealkylation sites (tertiary alicyclic amines) is 1. The van der Waals surface area contributed by atoms with Gasteiger partial charge in [0.25, 0.3) is 0 Å². The van der Waals surface area contributed by atoms with E-state index < -0.39 is 0 Å². The van der Waals surface area contributed by atoms with Gasteiger partial charge < -0.3 is 9.32 Å². The first-order valence-electron chi connectivity index (χ1n) is 11.2. The number of benzene rings is 1. The molecule has 1 aromatic carbocycles. The molecule has 168 valence electrons. The lowest BCUT2D eigenvalue weighted by molar-refractivity contribution is 0.201. The number of hydrogen-bond acceptors (Lipinski definition) is 4. The Balaban J connectivity index is 0.00000231. The van der Waals surface area contributed by atoms with Crippen molar-refractivity contribution in [3.05, 3.63) is 51.6 Å². The number of piperidine rings is 1. The van der Waals surface area contributed by atoms with E-state index in [4.69, 9.17) is 4.42 Å². The van der Waals surface area contributed by atoms with Crippen molar-refractivity contribution in [2.24, 2.45) is 0 Å². The van der Waals surface area contributed by atoms with Gasteiger partial charge in [0.15, 0.2) is 0 Å². The molecule has 8 heteroatoms. The maximum Gasteiger partial charge on any atom is 0.345 e. The molecule has 1 fully saturated rings. The number of hydrogen-bond donors (Lipinski definition) is 0. The van der Waals surface area contributed by atoms with Gasteiger partial charge in [-0.1, -0.05) is 6.92 Å². The second-order valence-corrected chi connectivity index (χ2v) is 8.58. The van der Waals surface area contributed by atoms with Crippen LogP contribution in [0.15, 0.2) is 27.4 Å². The molecule has 0 saturated carbocycles. The van der Waals surface area contributed by atoms with E-state index in [-0.39, 0.29) is 23.9 Å². The lowest BCUT2D eigenvalue weighted by Crippen LogP contribution is -2.37. The molecule has 5 rings (SSSR count). The molecule has 31 heavy (non-hydrogen) atoms. The van der Waals surface area contributed by atoms with Crippen molar-refractivity contribution in [2.45, 2.75) is 64.5 Å². The molecule has 0 spiro atoms. The zero-order valence-corrected chi connectivity index (χ0v) is 18.8. The second-order valence-electron chi connectivity index (χ2n) is 8.58. The number of aromatic nitrogens is 3. The Kier molecular flexibility index (Phi) is 6.53. The molecule has 0 aliphatic carbocycles. The Morgan fingerprint density at radius 2 is 1.97 bits per heavy atom.